The molecule has 0 unspecified atom stereocenters. The number of hydrogen-bond donors (Lipinski definition) is 1. The summed E-state index contributed by atoms with van der Waals surface area (Å²) in [5, 5.41) is 15.3. The van der Waals surface area contributed by atoms with E-state index in [4.69, 9.17) is 9.84 Å². The molecule has 2 aromatic carbocycles. The third-order valence-electron chi connectivity index (χ3n) is 4.96. The molecule has 8 nitrogen and oxygen atoms in total. The maximum absolute atomic E-state index is 11.6. The van der Waals surface area contributed by atoms with Gasteiger partial charge in [0.15, 0.2) is 17.4 Å². The molecule has 1 amide bonds. The van der Waals surface area contributed by atoms with E-state index in [1.165, 1.54) is 16.2 Å². The second-order valence-corrected chi connectivity index (χ2v) is 8.34. The number of H-pyrrole nitrogens is 1. The van der Waals surface area contributed by atoms with E-state index in [0.717, 1.165) is 38.0 Å². The summed E-state index contributed by atoms with van der Waals surface area (Å²) in [6, 6.07) is 17.9. The van der Waals surface area contributed by atoms with E-state index in [9.17, 15) is 4.79 Å². The van der Waals surface area contributed by atoms with Gasteiger partial charge in [-0.1, -0.05) is 41.7 Å². The van der Waals surface area contributed by atoms with Crippen molar-refractivity contribution >= 4 is 33.1 Å². The molecule has 0 atom stereocenters. The van der Waals surface area contributed by atoms with Crippen LogP contribution in [0.4, 0.5) is 0 Å². The van der Waals surface area contributed by atoms with Crippen molar-refractivity contribution in [3.8, 4) is 16.5 Å². The molecule has 0 bridgehead atoms. The van der Waals surface area contributed by atoms with E-state index >= 15 is 0 Å². The Morgan fingerprint density at radius 3 is 2.71 bits per heavy atom. The number of amides is 1. The van der Waals surface area contributed by atoms with E-state index in [1.807, 2.05) is 42.5 Å². The lowest BCUT2D eigenvalue weighted by Gasteiger charge is -2.11. The van der Waals surface area contributed by atoms with Gasteiger partial charge in [0.1, 0.15) is 5.75 Å². The fourth-order valence-corrected chi connectivity index (χ4v) is 4.06. The minimum Gasteiger partial charge on any atom is -0.484 e. The first kappa shape index (κ1) is 19.3. The number of para-hydroxylation sites is 1. The molecule has 9 heteroatoms. The number of benzene rings is 2. The third-order valence-corrected chi connectivity index (χ3v) is 5.89. The number of nitrogens with zero attached hydrogens (tertiary/aromatic N) is 5. The lowest BCUT2D eigenvalue weighted by Crippen LogP contribution is -2.27. The quantitative estimate of drug-likeness (QED) is 0.444. The molecule has 1 N–H and O–H groups in total. The minimum absolute atomic E-state index is 0.0203. The Morgan fingerprint density at radius 1 is 1.13 bits per heavy atom. The van der Waals surface area contributed by atoms with Crippen LogP contribution in [0.2, 0.25) is 0 Å². The van der Waals surface area contributed by atoms with Crippen LogP contribution >= 0.6 is 11.3 Å². The van der Waals surface area contributed by atoms with Gasteiger partial charge in [-0.25, -0.2) is 0 Å². The van der Waals surface area contributed by atoms with Gasteiger partial charge in [0.05, 0.1) is 5.69 Å². The first-order chi connectivity index (χ1) is 15.1. The maximum Gasteiger partial charge on any atom is 0.259 e. The third kappa shape index (κ3) is 3.87. The molecule has 0 spiro atoms. The van der Waals surface area contributed by atoms with Gasteiger partial charge in [-0.3, -0.25) is 4.79 Å². The highest BCUT2D eigenvalue weighted by Crippen LogP contribution is 2.28. The molecule has 0 aliphatic rings. The molecular formula is C22H20N6O2S. The first-order valence-corrected chi connectivity index (χ1v) is 10.6. The zero-order valence-electron chi connectivity index (χ0n) is 17.1. The molecule has 0 radical (unpaired) electrons. The minimum atomic E-state index is -0.0794. The monoisotopic (exact) mass is 432 g/mol. The van der Waals surface area contributed by atoms with Crippen LogP contribution in [0.25, 0.3) is 26.6 Å². The summed E-state index contributed by atoms with van der Waals surface area (Å²) in [7, 11) is 3.41. The predicted molar refractivity (Wildman–Crippen MR) is 119 cm³/mol. The number of aromatic amines is 1. The number of rotatable bonds is 6. The predicted octanol–water partition coefficient (Wildman–Crippen LogP) is 3.39. The SMILES string of the molecule is CN(C)C(=O)COc1ccc(Cc2nnc3sc(-c4cc5ccccc5[nH]4)nn23)cc1. The molecule has 0 aliphatic carbocycles. The average Bonchev–Trinajstić information content (AvgIpc) is 3.47. The van der Waals surface area contributed by atoms with Crippen LogP contribution in [-0.4, -0.2) is 56.3 Å². The second kappa shape index (κ2) is 7.84. The summed E-state index contributed by atoms with van der Waals surface area (Å²) >= 11 is 1.50. The van der Waals surface area contributed by atoms with E-state index in [2.05, 4.69) is 27.3 Å². The molecule has 3 heterocycles. The topological polar surface area (TPSA) is 88.4 Å². The van der Waals surface area contributed by atoms with Crippen LogP contribution in [0.5, 0.6) is 5.75 Å². The fourth-order valence-electron chi connectivity index (χ4n) is 3.23. The van der Waals surface area contributed by atoms with Crippen molar-refractivity contribution in [3.63, 3.8) is 0 Å². The standard InChI is InChI=1S/C22H20N6O2S/c1-27(2)20(29)13-30-16-9-7-14(8-10-16)11-19-24-25-22-28(19)26-21(31-22)18-12-15-5-3-4-6-17(15)23-18/h3-10,12,23H,11,13H2,1-2H3. The van der Waals surface area contributed by atoms with Crippen molar-refractivity contribution in [2.75, 3.05) is 20.7 Å². The zero-order chi connectivity index (χ0) is 21.4. The average molecular weight is 433 g/mol. The molecule has 5 rings (SSSR count). The molecule has 31 heavy (non-hydrogen) atoms. The molecule has 5 aromatic rings. The summed E-state index contributed by atoms with van der Waals surface area (Å²) < 4.78 is 7.33. The lowest BCUT2D eigenvalue weighted by atomic mass is 10.1. The van der Waals surface area contributed by atoms with Gasteiger partial charge in [-0.05, 0) is 29.8 Å². The Balaban J connectivity index is 1.33. The number of likely N-dealkylation sites (N-methyl/N-ethyl adjacent to an activating group) is 1. The van der Waals surface area contributed by atoms with Crippen LogP contribution < -0.4 is 4.74 Å². The zero-order valence-corrected chi connectivity index (χ0v) is 17.9. The number of nitrogens with one attached hydrogen (secondary N) is 1. The highest BCUT2D eigenvalue weighted by Gasteiger charge is 2.15. The largest absolute Gasteiger partial charge is 0.484 e. The van der Waals surface area contributed by atoms with Gasteiger partial charge in [0.25, 0.3) is 5.91 Å². The van der Waals surface area contributed by atoms with Crippen molar-refractivity contribution in [1.82, 2.24) is 29.7 Å². The number of ether oxygens (including phenoxy) is 1. The van der Waals surface area contributed by atoms with Crippen LogP contribution in [-0.2, 0) is 11.2 Å². The van der Waals surface area contributed by atoms with E-state index in [0.29, 0.717) is 12.2 Å². The van der Waals surface area contributed by atoms with E-state index in [1.54, 1.807) is 18.6 Å². The van der Waals surface area contributed by atoms with Crippen LogP contribution in [0.15, 0.2) is 54.6 Å². The van der Waals surface area contributed by atoms with Gasteiger partial charge >= 0.3 is 0 Å². The molecular weight excluding hydrogens is 412 g/mol. The summed E-state index contributed by atoms with van der Waals surface area (Å²) in [5.74, 6) is 1.34. The van der Waals surface area contributed by atoms with E-state index < -0.39 is 0 Å². The highest BCUT2D eigenvalue weighted by atomic mass is 32.1. The molecule has 0 aliphatic heterocycles. The fraction of sp³-hybridized carbons (Fsp3) is 0.182. The number of fused-ring (bicyclic) bond motifs is 2. The highest BCUT2D eigenvalue weighted by molar-refractivity contribution is 7.19. The molecule has 0 saturated heterocycles. The summed E-state index contributed by atoms with van der Waals surface area (Å²) in [6.07, 6.45) is 0.591. The summed E-state index contributed by atoms with van der Waals surface area (Å²) in [4.78, 5) is 17.3. The van der Waals surface area contributed by atoms with Gasteiger partial charge < -0.3 is 14.6 Å². The number of aromatic nitrogens is 5. The Morgan fingerprint density at radius 2 is 1.94 bits per heavy atom. The second-order valence-electron chi connectivity index (χ2n) is 7.39. The van der Waals surface area contributed by atoms with Crippen molar-refractivity contribution in [2.24, 2.45) is 0 Å². The Hall–Kier alpha value is -3.72. The summed E-state index contributed by atoms with van der Waals surface area (Å²) in [6.45, 7) is 0.0203. The van der Waals surface area contributed by atoms with Crippen molar-refractivity contribution in [2.45, 2.75) is 6.42 Å². The van der Waals surface area contributed by atoms with Gasteiger partial charge in [-0.15, -0.1) is 10.2 Å². The molecule has 156 valence electrons. The van der Waals surface area contributed by atoms with Gasteiger partial charge in [0, 0.05) is 31.4 Å². The Kier molecular flexibility index (Phi) is 4.87. The smallest absolute Gasteiger partial charge is 0.259 e. The number of hydrogen-bond acceptors (Lipinski definition) is 6. The van der Waals surface area contributed by atoms with Crippen LogP contribution in [0.3, 0.4) is 0 Å². The molecule has 0 saturated carbocycles. The van der Waals surface area contributed by atoms with Gasteiger partial charge in [0.2, 0.25) is 4.96 Å². The lowest BCUT2D eigenvalue weighted by molar-refractivity contribution is -0.130. The summed E-state index contributed by atoms with van der Waals surface area (Å²) in [5.41, 5.74) is 3.11. The van der Waals surface area contributed by atoms with Crippen LogP contribution in [0, 0.1) is 0 Å². The van der Waals surface area contributed by atoms with E-state index in [-0.39, 0.29) is 12.5 Å². The van der Waals surface area contributed by atoms with Crippen LogP contribution in [0.1, 0.15) is 11.4 Å². The number of carbonyl (C=O) groups excluding carboxylic acids is 1. The van der Waals surface area contributed by atoms with Crippen molar-refractivity contribution in [3.05, 3.63) is 66.0 Å². The maximum atomic E-state index is 11.6. The van der Waals surface area contributed by atoms with Crippen molar-refractivity contribution in [1.29, 1.82) is 0 Å². The molecule has 3 aromatic heterocycles. The molecule has 0 fully saturated rings. The first-order valence-electron chi connectivity index (χ1n) is 9.78. The Bertz CT molecular complexity index is 1330. The number of carbonyl (C=O) groups is 1. The van der Waals surface area contributed by atoms with Gasteiger partial charge in [-0.2, -0.15) is 9.61 Å². The van der Waals surface area contributed by atoms with Crippen molar-refractivity contribution < 1.29 is 9.53 Å². The normalized spacial score (nSPS) is 11.3. The Labute approximate surface area is 182 Å².